The molecule has 2 aliphatic heterocycles. The van der Waals surface area contributed by atoms with Crippen LogP contribution in [0, 0.1) is 11.7 Å². The number of nitrogens with zero attached hydrogens (tertiary/aromatic N) is 1. The average molecular weight is 381 g/mol. The van der Waals surface area contributed by atoms with E-state index in [9.17, 15) is 14.0 Å². The molecule has 1 unspecified atom stereocenters. The summed E-state index contributed by atoms with van der Waals surface area (Å²) in [6.45, 7) is 2.38. The van der Waals surface area contributed by atoms with Crippen molar-refractivity contribution in [2.45, 2.75) is 25.8 Å². The normalized spacial score (nSPS) is 19.0. The Morgan fingerprint density at radius 1 is 1.14 bits per heavy atom. The minimum atomic E-state index is -0.335. The Hall–Kier alpha value is -2.73. The van der Waals surface area contributed by atoms with Crippen molar-refractivity contribution >= 4 is 17.5 Å². The molecule has 5 nitrogen and oxygen atoms in total. The molecule has 2 aliphatic rings. The van der Waals surface area contributed by atoms with Gasteiger partial charge >= 0.3 is 0 Å². The molecule has 6 heteroatoms. The Kier molecular flexibility index (Phi) is 5.39. The highest BCUT2D eigenvalue weighted by molar-refractivity contribution is 5.96. The predicted molar refractivity (Wildman–Crippen MR) is 106 cm³/mol. The zero-order valence-corrected chi connectivity index (χ0v) is 15.7. The number of hydrogen-bond donors (Lipinski definition) is 2. The highest BCUT2D eigenvalue weighted by Gasteiger charge is 2.29. The summed E-state index contributed by atoms with van der Waals surface area (Å²) in [4.78, 5) is 27.2. The summed E-state index contributed by atoms with van der Waals surface area (Å²) in [7, 11) is 0. The van der Waals surface area contributed by atoms with Crippen LogP contribution in [0.3, 0.4) is 0 Å². The summed E-state index contributed by atoms with van der Waals surface area (Å²) in [5, 5.41) is 5.97. The molecule has 0 spiro atoms. The molecular formula is C22H24FN3O2. The van der Waals surface area contributed by atoms with Crippen molar-refractivity contribution in [3.8, 4) is 0 Å². The quantitative estimate of drug-likeness (QED) is 0.859. The van der Waals surface area contributed by atoms with Gasteiger partial charge in [-0.1, -0.05) is 24.3 Å². The number of likely N-dealkylation sites (tertiary alicyclic amines) is 1. The minimum Gasteiger partial charge on any atom is -0.338 e. The second-order valence-electron chi connectivity index (χ2n) is 7.44. The Morgan fingerprint density at radius 3 is 2.79 bits per heavy atom. The first kappa shape index (κ1) is 18.6. The van der Waals surface area contributed by atoms with Gasteiger partial charge < -0.3 is 15.5 Å². The van der Waals surface area contributed by atoms with E-state index >= 15 is 0 Å². The number of anilines is 1. The molecule has 0 saturated carbocycles. The number of fused-ring (bicyclic) bond motifs is 1. The predicted octanol–water partition coefficient (Wildman–Crippen LogP) is 2.96. The van der Waals surface area contributed by atoms with Gasteiger partial charge in [-0.15, -0.1) is 0 Å². The molecule has 1 atom stereocenters. The van der Waals surface area contributed by atoms with Crippen molar-refractivity contribution in [2.75, 3.05) is 25.0 Å². The summed E-state index contributed by atoms with van der Waals surface area (Å²) >= 11 is 0. The molecule has 2 aromatic carbocycles. The van der Waals surface area contributed by atoms with E-state index in [1.54, 1.807) is 23.1 Å². The summed E-state index contributed by atoms with van der Waals surface area (Å²) in [6.07, 6.45) is 2.07. The molecule has 2 heterocycles. The molecule has 2 amide bonds. The van der Waals surface area contributed by atoms with Gasteiger partial charge in [0, 0.05) is 25.2 Å². The zero-order chi connectivity index (χ0) is 19.5. The van der Waals surface area contributed by atoms with Crippen molar-refractivity contribution < 1.29 is 14.0 Å². The van der Waals surface area contributed by atoms with Crippen molar-refractivity contribution in [3.05, 3.63) is 65.0 Å². The van der Waals surface area contributed by atoms with Gasteiger partial charge in [0.15, 0.2) is 0 Å². The first-order valence-corrected chi connectivity index (χ1v) is 9.79. The third-order valence-corrected chi connectivity index (χ3v) is 5.57. The maximum atomic E-state index is 14.8. The fraction of sp³-hybridized carbons (Fsp3) is 0.364. The highest BCUT2D eigenvalue weighted by atomic mass is 19.1. The van der Waals surface area contributed by atoms with Gasteiger partial charge in [0.1, 0.15) is 5.82 Å². The molecule has 2 aromatic rings. The van der Waals surface area contributed by atoms with Crippen molar-refractivity contribution in [1.29, 1.82) is 0 Å². The van der Waals surface area contributed by atoms with Gasteiger partial charge in [-0.2, -0.15) is 0 Å². The van der Waals surface area contributed by atoms with E-state index in [1.807, 2.05) is 24.3 Å². The number of amides is 2. The second kappa shape index (κ2) is 8.10. The van der Waals surface area contributed by atoms with E-state index in [-0.39, 0.29) is 29.2 Å². The lowest BCUT2D eigenvalue weighted by Crippen LogP contribution is -2.43. The van der Waals surface area contributed by atoms with E-state index < -0.39 is 0 Å². The van der Waals surface area contributed by atoms with Crippen LogP contribution in [-0.4, -0.2) is 36.3 Å². The smallest absolute Gasteiger partial charge is 0.253 e. The zero-order valence-electron chi connectivity index (χ0n) is 15.7. The molecule has 0 aromatic heterocycles. The van der Waals surface area contributed by atoms with E-state index in [1.165, 1.54) is 0 Å². The number of rotatable bonds is 3. The van der Waals surface area contributed by atoms with Gasteiger partial charge in [0.25, 0.3) is 5.91 Å². The molecule has 0 bridgehead atoms. The molecule has 0 aliphatic carbocycles. The van der Waals surface area contributed by atoms with Gasteiger partial charge in [0.2, 0.25) is 5.91 Å². The van der Waals surface area contributed by atoms with Crippen molar-refractivity contribution in [2.24, 2.45) is 5.92 Å². The number of hydrogen-bond acceptors (Lipinski definition) is 3. The van der Waals surface area contributed by atoms with Gasteiger partial charge in [-0.25, -0.2) is 4.39 Å². The van der Waals surface area contributed by atoms with Crippen LogP contribution in [0.5, 0.6) is 0 Å². The van der Waals surface area contributed by atoms with Crippen molar-refractivity contribution in [1.82, 2.24) is 10.2 Å². The van der Waals surface area contributed by atoms with Crippen LogP contribution in [0.4, 0.5) is 10.1 Å². The summed E-state index contributed by atoms with van der Waals surface area (Å²) in [5.41, 5.74) is 2.48. The first-order chi connectivity index (χ1) is 13.6. The lowest BCUT2D eigenvalue weighted by atomic mass is 9.95. The molecule has 2 N–H and O–H groups in total. The molecular weight excluding hydrogens is 357 g/mol. The van der Waals surface area contributed by atoms with Crippen LogP contribution in [0.1, 0.15) is 34.3 Å². The molecule has 0 radical (unpaired) electrons. The molecule has 1 saturated heterocycles. The largest absolute Gasteiger partial charge is 0.338 e. The molecule has 4 rings (SSSR count). The van der Waals surface area contributed by atoms with Crippen LogP contribution in [0.2, 0.25) is 0 Å². The molecule has 146 valence electrons. The number of carbonyl (C=O) groups excluding carboxylic acids is 2. The Labute approximate surface area is 163 Å². The SMILES string of the molecule is O=C(Nc1ccc2c(c1F)CCNC2)C1CCCN(C(=O)c2ccccc2)C1. The van der Waals surface area contributed by atoms with Crippen LogP contribution < -0.4 is 10.6 Å². The fourth-order valence-electron chi connectivity index (χ4n) is 4.00. The Bertz CT molecular complexity index is 885. The van der Waals surface area contributed by atoms with Crippen molar-refractivity contribution in [3.63, 3.8) is 0 Å². The van der Waals surface area contributed by atoms with Crippen LogP contribution in [0.25, 0.3) is 0 Å². The Morgan fingerprint density at radius 2 is 1.96 bits per heavy atom. The monoisotopic (exact) mass is 381 g/mol. The molecule has 28 heavy (non-hydrogen) atoms. The van der Waals surface area contributed by atoms with E-state index in [0.717, 1.165) is 18.5 Å². The third kappa shape index (κ3) is 3.78. The maximum absolute atomic E-state index is 14.8. The Balaban J connectivity index is 1.44. The van der Waals surface area contributed by atoms with Crippen LogP contribution in [-0.2, 0) is 17.8 Å². The minimum absolute atomic E-state index is 0.0643. The number of halogens is 1. The van der Waals surface area contributed by atoms with Crippen LogP contribution >= 0.6 is 0 Å². The van der Waals surface area contributed by atoms with Crippen LogP contribution in [0.15, 0.2) is 42.5 Å². The number of nitrogens with one attached hydrogen (secondary N) is 2. The number of carbonyl (C=O) groups is 2. The maximum Gasteiger partial charge on any atom is 0.253 e. The topological polar surface area (TPSA) is 61.4 Å². The lowest BCUT2D eigenvalue weighted by Gasteiger charge is -2.32. The summed E-state index contributed by atoms with van der Waals surface area (Å²) in [5.74, 6) is -0.956. The van der Waals surface area contributed by atoms with Gasteiger partial charge in [-0.05, 0) is 55.1 Å². The van der Waals surface area contributed by atoms with E-state index in [4.69, 9.17) is 0 Å². The average Bonchev–Trinajstić information content (AvgIpc) is 2.76. The summed E-state index contributed by atoms with van der Waals surface area (Å²) < 4.78 is 14.8. The summed E-state index contributed by atoms with van der Waals surface area (Å²) in [6, 6.07) is 12.6. The standard InChI is InChI=1S/C22H24FN3O2/c23-20-18-10-11-24-13-16(18)8-9-19(20)25-21(27)17-7-4-12-26(14-17)22(28)15-5-2-1-3-6-15/h1-3,5-6,8-9,17,24H,4,7,10-14H2,(H,25,27). The number of benzene rings is 2. The third-order valence-electron chi connectivity index (χ3n) is 5.57. The second-order valence-corrected chi connectivity index (χ2v) is 7.44. The van der Waals surface area contributed by atoms with E-state index in [2.05, 4.69) is 10.6 Å². The first-order valence-electron chi connectivity index (χ1n) is 9.79. The lowest BCUT2D eigenvalue weighted by molar-refractivity contribution is -0.121. The van der Waals surface area contributed by atoms with E-state index in [0.29, 0.717) is 43.6 Å². The van der Waals surface area contributed by atoms with Gasteiger partial charge in [0.05, 0.1) is 11.6 Å². The fourth-order valence-corrected chi connectivity index (χ4v) is 4.00. The number of piperidine rings is 1. The van der Waals surface area contributed by atoms with Gasteiger partial charge in [-0.3, -0.25) is 9.59 Å². The highest BCUT2D eigenvalue weighted by Crippen LogP contribution is 2.26. The molecule has 1 fully saturated rings.